The average Bonchev–Trinajstić information content (AvgIpc) is 2.71. The molecule has 0 unspecified atom stereocenters. The van der Waals surface area contributed by atoms with Crippen molar-refractivity contribution in [1.82, 2.24) is 9.80 Å². The molecule has 0 aliphatic carbocycles. The fourth-order valence-corrected chi connectivity index (χ4v) is 2.67. The lowest BCUT2D eigenvalue weighted by atomic mass is 10.1. The van der Waals surface area contributed by atoms with E-state index >= 15 is 0 Å². The molecule has 2 atom stereocenters. The Morgan fingerprint density at radius 2 is 1.94 bits per heavy atom. The third-order valence-electron chi connectivity index (χ3n) is 3.45. The molecule has 0 aromatic heterocycles. The molecule has 0 spiro atoms. The lowest BCUT2D eigenvalue weighted by Gasteiger charge is -2.28. The first-order valence-electron chi connectivity index (χ1n) is 6.25. The Labute approximate surface area is 106 Å². The van der Waals surface area contributed by atoms with Gasteiger partial charge in [0.2, 0.25) is 0 Å². The zero-order valence-electron chi connectivity index (χ0n) is 11.0. The van der Waals surface area contributed by atoms with Gasteiger partial charge in [-0.05, 0) is 27.2 Å². The molecule has 2 aliphatic heterocycles. The third kappa shape index (κ3) is 2.52. The highest BCUT2D eigenvalue weighted by atomic mass is 16.6. The zero-order chi connectivity index (χ0) is 13.5. The van der Waals surface area contributed by atoms with E-state index in [1.165, 1.54) is 4.90 Å². The van der Waals surface area contributed by atoms with Crippen LogP contribution in [0, 0.1) is 5.92 Å². The van der Waals surface area contributed by atoms with Crippen LogP contribution < -0.4 is 0 Å². The summed E-state index contributed by atoms with van der Waals surface area (Å²) >= 11 is 0. The highest BCUT2D eigenvalue weighted by Gasteiger charge is 2.45. The van der Waals surface area contributed by atoms with E-state index in [1.54, 1.807) is 4.90 Å². The normalized spacial score (nSPS) is 27.3. The van der Waals surface area contributed by atoms with Crippen LogP contribution in [0.5, 0.6) is 0 Å². The van der Waals surface area contributed by atoms with Crippen LogP contribution in [0.1, 0.15) is 27.2 Å². The molecule has 102 valence electrons. The Balaban J connectivity index is 2.00. The summed E-state index contributed by atoms with van der Waals surface area (Å²) < 4.78 is 5.35. The van der Waals surface area contributed by atoms with Gasteiger partial charge in [0.15, 0.2) is 0 Å². The molecule has 2 aliphatic rings. The third-order valence-corrected chi connectivity index (χ3v) is 3.45. The van der Waals surface area contributed by atoms with Crippen LogP contribution >= 0.6 is 0 Å². The van der Waals surface area contributed by atoms with Crippen LogP contribution in [0.15, 0.2) is 0 Å². The van der Waals surface area contributed by atoms with Gasteiger partial charge in [0.25, 0.3) is 0 Å². The largest absolute Gasteiger partial charge is 0.465 e. The van der Waals surface area contributed by atoms with Crippen molar-refractivity contribution in [3.8, 4) is 0 Å². The number of ether oxygens (including phenoxy) is 1. The van der Waals surface area contributed by atoms with Gasteiger partial charge in [-0.2, -0.15) is 0 Å². The van der Waals surface area contributed by atoms with E-state index in [0.717, 1.165) is 6.42 Å². The highest BCUT2D eigenvalue weighted by molar-refractivity contribution is 5.70. The van der Waals surface area contributed by atoms with Gasteiger partial charge in [0.1, 0.15) is 5.60 Å². The van der Waals surface area contributed by atoms with E-state index < -0.39 is 11.7 Å². The molecular weight excluding hydrogens is 236 g/mol. The molecule has 0 aromatic rings. The number of nitrogens with zero attached hydrogens (tertiary/aromatic N) is 2. The maximum Gasteiger partial charge on any atom is 0.410 e. The van der Waals surface area contributed by atoms with Crippen LogP contribution in [0.4, 0.5) is 9.59 Å². The van der Waals surface area contributed by atoms with Crippen LogP contribution in [0.25, 0.3) is 0 Å². The van der Waals surface area contributed by atoms with Crippen molar-refractivity contribution in [2.45, 2.75) is 38.8 Å². The van der Waals surface area contributed by atoms with E-state index in [9.17, 15) is 9.59 Å². The van der Waals surface area contributed by atoms with Crippen molar-refractivity contribution in [2.24, 2.45) is 5.92 Å². The zero-order valence-corrected chi connectivity index (χ0v) is 11.0. The molecule has 6 heteroatoms. The monoisotopic (exact) mass is 256 g/mol. The fraction of sp³-hybridized carbons (Fsp3) is 0.833. The van der Waals surface area contributed by atoms with Crippen molar-refractivity contribution in [2.75, 3.05) is 19.6 Å². The Hall–Kier alpha value is -1.46. The Morgan fingerprint density at radius 1 is 1.28 bits per heavy atom. The second-order valence-corrected chi connectivity index (χ2v) is 5.98. The van der Waals surface area contributed by atoms with E-state index in [4.69, 9.17) is 9.84 Å². The summed E-state index contributed by atoms with van der Waals surface area (Å²) in [5, 5.41) is 8.97. The summed E-state index contributed by atoms with van der Waals surface area (Å²) in [5.41, 5.74) is -0.514. The molecule has 0 bridgehead atoms. The minimum absolute atomic E-state index is 0.0176. The summed E-state index contributed by atoms with van der Waals surface area (Å²) in [7, 11) is 0. The number of likely N-dealkylation sites (tertiary alicyclic amines) is 2. The predicted octanol–water partition coefficient (Wildman–Crippen LogP) is 1.61. The standard InChI is InChI=1S/C12H20N2O4/c1-12(2,3)18-11(17)14-5-4-8-6-13(10(15)16)7-9(8)14/h8-9H,4-7H2,1-3H3,(H,15,16)/t8-,9+/m1/s1. The molecule has 2 fully saturated rings. The van der Waals surface area contributed by atoms with Gasteiger partial charge in [-0.25, -0.2) is 9.59 Å². The molecule has 0 radical (unpaired) electrons. The molecule has 18 heavy (non-hydrogen) atoms. The number of hydrogen-bond acceptors (Lipinski definition) is 3. The van der Waals surface area contributed by atoms with Crippen molar-refractivity contribution in [3.63, 3.8) is 0 Å². The Bertz CT molecular complexity index is 364. The van der Waals surface area contributed by atoms with Crippen LogP contribution in [-0.4, -0.2) is 58.4 Å². The highest BCUT2D eigenvalue weighted by Crippen LogP contribution is 2.32. The summed E-state index contributed by atoms with van der Waals surface area (Å²) in [6.07, 6.45) is -0.385. The maximum atomic E-state index is 12.0. The number of fused-ring (bicyclic) bond motifs is 1. The quantitative estimate of drug-likeness (QED) is 0.714. The lowest BCUT2D eigenvalue weighted by molar-refractivity contribution is 0.0217. The first-order chi connectivity index (χ1) is 8.28. The Morgan fingerprint density at radius 3 is 2.50 bits per heavy atom. The van der Waals surface area contributed by atoms with Crippen LogP contribution in [0.3, 0.4) is 0 Å². The van der Waals surface area contributed by atoms with Gasteiger partial charge in [-0.15, -0.1) is 0 Å². The minimum atomic E-state index is -0.909. The second-order valence-electron chi connectivity index (χ2n) is 5.98. The van der Waals surface area contributed by atoms with Crippen LogP contribution in [-0.2, 0) is 4.74 Å². The molecule has 2 saturated heterocycles. The SMILES string of the molecule is CC(C)(C)OC(=O)N1CC[C@@H]2CN(C(=O)O)C[C@@H]21. The fourth-order valence-electron chi connectivity index (χ4n) is 2.67. The van der Waals surface area contributed by atoms with Crippen molar-refractivity contribution < 1.29 is 19.4 Å². The van der Waals surface area contributed by atoms with Gasteiger partial charge in [-0.1, -0.05) is 0 Å². The van der Waals surface area contributed by atoms with Gasteiger partial charge < -0.3 is 19.6 Å². The summed E-state index contributed by atoms with van der Waals surface area (Å²) in [5.74, 6) is 0.258. The van der Waals surface area contributed by atoms with Gasteiger partial charge in [-0.3, -0.25) is 0 Å². The maximum absolute atomic E-state index is 12.0. The molecule has 2 heterocycles. The first kappa shape index (κ1) is 13.0. The number of hydrogen-bond donors (Lipinski definition) is 1. The minimum Gasteiger partial charge on any atom is -0.465 e. The first-order valence-corrected chi connectivity index (χ1v) is 6.25. The number of carboxylic acid groups (broad SMARTS) is 1. The van der Waals surface area contributed by atoms with E-state index in [0.29, 0.717) is 19.6 Å². The summed E-state index contributed by atoms with van der Waals surface area (Å²) in [4.78, 5) is 26.0. The number of amides is 2. The van der Waals surface area contributed by atoms with E-state index in [2.05, 4.69) is 0 Å². The number of carbonyl (C=O) groups is 2. The summed E-state index contributed by atoms with van der Waals surface area (Å²) in [6.45, 7) is 7.08. The topological polar surface area (TPSA) is 70.1 Å². The second kappa shape index (κ2) is 4.33. The lowest BCUT2D eigenvalue weighted by Crippen LogP contribution is -2.43. The number of rotatable bonds is 0. The van der Waals surface area contributed by atoms with Crippen molar-refractivity contribution in [1.29, 1.82) is 0 Å². The Kier molecular flexibility index (Phi) is 3.12. The van der Waals surface area contributed by atoms with Crippen LogP contribution in [0.2, 0.25) is 0 Å². The van der Waals surface area contributed by atoms with Crippen molar-refractivity contribution in [3.05, 3.63) is 0 Å². The predicted molar refractivity (Wildman–Crippen MR) is 64.4 cm³/mol. The average molecular weight is 256 g/mol. The molecule has 0 saturated carbocycles. The molecule has 1 N–H and O–H groups in total. The van der Waals surface area contributed by atoms with Crippen molar-refractivity contribution >= 4 is 12.2 Å². The number of carbonyl (C=O) groups excluding carboxylic acids is 1. The molecule has 6 nitrogen and oxygen atoms in total. The summed E-state index contributed by atoms with van der Waals surface area (Å²) in [6, 6.07) is -0.0176. The molecular formula is C12H20N2O4. The molecule has 2 amide bonds. The van der Waals surface area contributed by atoms with Gasteiger partial charge in [0.05, 0.1) is 6.04 Å². The molecule has 2 rings (SSSR count). The molecule has 0 aromatic carbocycles. The van der Waals surface area contributed by atoms with E-state index in [1.807, 2.05) is 20.8 Å². The van der Waals surface area contributed by atoms with Gasteiger partial charge >= 0.3 is 12.2 Å². The smallest absolute Gasteiger partial charge is 0.410 e. The van der Waals surface area contributed by atoms with Gasteiger partial charge in [0, 0.05) is 25.6 Å². The van der Waals surface area contributed by atoms with E-state index in [-0.39, 0.29) is 18.1 Å².